The molecule has 0 aliphatic rings. The van der Waals surface area contributed by atoms with E-state index in [2.05, 4.69) is 24.5 Å². The highest BCUT2D eigenvalue weighted by Gasteiger charge is 2.01. The van der Waals surface area contributed by atoms with Crippen LogP contribution >= 0.6 is 0 Å². The van der Waals surface area contributed by atoms with E-state index in [4.69, 9.17) is 9.47 Å². The summed E-state index contributed by atoms with van der Waals surface area (Å²) in [5.74, 6) is 2.21. The number of ether oxygens (including phenoxy) is 2. The first-order valence-corrected chi connectivity index (χ1v) is 7.36. The quantitative estimate of drug-likeness (QED) is 0.646. The van der Waals surface area contributed by atoms with Gasteiger partial charge in [-0.1, -0.05) is 13.8 Å². The molecule has 5 nitrogen and oxygen atoms in total. The third-order valence-corrected chi connectivity index (χ3v) is 2.94. The van der Waals surface area contributed by atoms with Crippen LogP contribution in [-0.2, 0) is 4.79 Å². The van der Waals surface area contributed by atoms with Gasteiger partial charge in [-0.3, -0.25) is 4.79 Å². The normalized spacial score (nSPS) is 10.5. The molecule has 0 saturated carbocycles. The molecule has 21 heavy (non-hydrogen) atoms. The van der Waals surface area contributed by atoms with Gasteiger partial charge in [0.25, 0.3) is 0 Å². The molecule has 1 amide bonds. The number of rotatable bonds is 10. The second-order valence-corrected chi connectivity index (χ2v) is 5.23. The first-order chi connectivity index (χ1) is 10.1. The molecule has 0 bridgehead atoms. The van der Waals surface area contributed by atoms with Crippen LogP contribution in [0.25, 0.3) is 0 Å². The lowest BCUT2D eigenvalue weighted by Crippen LogP contribution is -2.36. The third kappa shape index (κ3) is 8.19. The SMILES string of the molecule is COc1ccc(OCCNC(=O)CNCCC(C)C)cc1. The fourth-order valence-electron chi connectivity index (χ4n) is 1.69. The van der Waals surface area contributed by atoms with Gasteiger partial charge in [0.1, 0.15) is 18.1 Å². The zero-order valence-corrected chi connectivity index (χ0v) is 13.1. The molecule has 0 aromatic heterocycles. The van der Waals surface area contributed by atoms with E-state index in [-0.39, 0.29) is 5.91 Å². The standard InChI is InChI=1S/C16H26N2O3/c1-13(2)8-9-17-12-16(19)18-10-11-21-15-6-4-14(20-3)5-7-15/h4-7,13,17H,8-12H2,1-3H3,(H,18,19). The van der Waals surface area contributed by atoms with Gasteiger partial charge in [-0.05, 0) is 43.1 Å². The lowest BCUT2D eigenvalue weighted by molar-refractivity contribution is -0.120. The number of carbonyl (C=O) groups excluding carboxylic acids is 1. The zero-order valence-electron chi connectivity index (χ0n) is 13.1. The number of amides is 1. The summed E-state index contributed by atoms with van der Waals surface area (Å²) in [6.45, 7) is 6.50. The molecule has 0 atom stereocenters. The Morgan fingerprint density at radius 2 is 1.81 bits per heavy atom. The third-order valence-electron chi connectivity index (χ3n) is 2.94. The molecule has 0 spiro atoms. The van der Waals surface area contributed by atoms with E-state index in [0.29, 0.717) is 25.6 Å². The van der Waals surface area contributed by atoms with E-state index >= 15 is 0 Å². The van der Waals surface area contributed by atoms with E-state index in [1.54, 1.807) is 7.11 Å². The monoisotopic (exact) mass is 294 g/mol. The largest absolute Gasteiger partial charge is 0.497 e. The van der Waals surface area contributed by atoms with Crippen LogP contribution in [0.5, 0.6) is 11.5 Å². The summed E-state index contributed by atoms with van der Waals surface area (Å²) in [4.78, 5) is 11.5. The maximum atomic E-state index is 11.5. The molecular formula is C16H26N2O3. The minimum atomic E-state index is -0.00270. The van der Waals surface area contributed by atoms with E-state index in [1.165, 1.54) is 0 Å². The zero-order chi connectivity index (χ0) is 15.5. The van der Waals surface area contributed by atoms with Crippen LogP contribution in [-0.4, -0.2) is 39.3 Å². The number of hydrogen-bond acceptors (Lipinski definition) is 4. The molecular weight excluding hydrogens is 268 g/mol. The molecule has 118 valence electrons. The van der Waals surface area contributed by atoms with Crippen molar-refractivity contribution in [3.63, 3.8) is 0 Å². The van der Waals surface area contributed by atoms with Crippen LogP contribution in [0.4, 0.5) is 0 Å². The summed E-state index contributed by atoms with van der Waals surface area (Å²) >= 11 is 0. The molecule has 0 saturated heterocycles. The summed E-state index contributed by atoms with van der Waals surface area (Å²) in [5, 5.41) is 5.93. The minimum absolute atomic E-state index is 0.00270. The average molecular weight is 294 g/mol. The number of nitrogens with one attached hydrogen (secondary N) is 2. The van der Waals surface area contributed by atoms with Gasteiger partial charge >= 0.3 is 0 Å². The van der Waals surface area contributed by atoms with Gasteiger partial charge in [0, 0.05) is 0 Å². The van der Waals surface area contributed by atoms with Crippen molar-refractivity contribution < 1.29 is 14.3 Å². The Kier molecular flexibility index (Phi) is 8.28. The molecule has 0 radical (unpaired) electrons. The van der Waals surface area contributed by atoms with Crippen molar-refractivity contribution in [3.05, 3.63) is 24.3 Å². The molecule has 0 aliphatic carbocycles. The van der Waals surface area contributed by atoms with Crippen molar-refractivity contribution in [1.29, 1.82) is 0 Å². The summed E-state index contributed by atoms with van der Waals surface area (Å²) in [7, 11) is 1.63. The van der Waals surface area contributed by atoms with Crippen molar-refractivity contribution in [2.75, 3.05) is 33.4 Å². The number of benzene rings is 1. The molecule has 1 aromatic carbocycles. The Morgan fingerprint density at radius 3 is 2.43 bits per heavy atom. The maximum Gasteiger partial charge on any atom is 0.234 e. The summed E-state index contributed by atoms with van der Waals surface area (Å²) in [6.07, 6.45) is 1.08. The van der Waals surface area contributed by atoms with Crippen molar-refractivity contribution in [2.45, 2.75) is 20.3 Å². The van der Waals surface area contributed by atoms with Gasteiger partial charge in [0.2, 0.25) is 5.91 Å². The summed E-state index contributed by atoms with van der Waals surface area (Å²) in [6, 6.07) is 7.36. The molecule has 0 aliphatic heterocycles. The molecule has 0 unspecified atom stereocenters. The van der Waals surface area contributed by atoms with Crippen LogP contribution in [0.3, 0.4) is 0 Å². The number of hydrogen-bond donors (Lipinski definition) is 2. The topological polar surface area (TPSA) is 59.6 Å². The minimum Gasteiger partial charge on any atom is -0.497 e. The molecule has 5 heteroatoms. The van der Waals surface area contributed by atoms with Crippen LogP contribution in [0.15, 0.2) is 24.3 Å². The molecule has 0 fully saturated rings. The van der Waals surface area contributed by atoms with Crippen molar-refractivity contribution >= 4 is 5.91 Å². The van der Waals surface area contributed by atoms with Crippen LogP contribution < -0.4 is 20.1 Å². The van der Waals surface area contributed by atoms with Crippen LogP contribution in [0.1, 0.15) is 20.3 Å². The van der Waals surface area contributed by atoms with Gasteiger partial charge in [0.15, 0.2) is 0 Å². The first-order valence-electron chi connectivity index (χ1n) is 7.36. The first kappa shape index (κ1) is 17.3. The van der Waals surface area contributed by atoms with E-state index in [1.807, 2.05) is 24.3 Å². The predicted molar refractivity (Wildman–Crippen MR) is 83.8 cm³/mol. The molecule has 2 N–H and O–H groups in total. The van der Waals surface area contributed by atoms with E-state index < -0.39 is 0 Å². The molecule has 1 aromatic rings. The fourth-order valence-corrected chi connectivity index (χ4v) is 1.69. The average Bonchev–Trinajstić information content (AvgIpc) is 2.48. The lowest BCUT2D eigenvalue weighted by atomic mass is 10.1. The van der Waals surface area contributed by atoms with E-state index in [0.717, 1.165) is 24.5 Å². The van der Waals surface area contributed by atoms with Crippen LogP contribution in [0, 0.1) is 5.92 Å². The van der Waals surface area contributed by atoms with Crippen molar-refractivity contribution in [1.82, 2.24) is 10.6 Å². The Bertz CT molecular complexity index is 404. The van der Waals surface area contributed by atoms with Gasteiger partial charge in [0.05, 0.1) is 20.2 Å². The van der Waals surface area contributed by atoms with Gasteiger partial charge < -0.3 is 20.1 Å². The predicted octanol–water partition coefficient (Wildman–Crippen LogP) is 1.83. The Hall–Kier alpha value is -1.75. The Balaban J connectivity index is 2.06. The molecule has 0 heterocycles. The summed E-state index contributed by atoms with van der Waals surface area (Å²) < 4.78 is 10.6. The van der Waals surface area contributed by atoms with Gasteiger partial charge in [-0.2, -0.15) is 0 Å². The second-order valence-electron chi connectivity index (χ2n) is 5.23. The van der Waals surface area contributed by atoms with Crippen molar-refractivity contribution in [3.8, 4) is 11.5 Å². The maximum absolute atomic E-state index is 11.5. The second kappa shape index (κ2) is 10.0. The Labute approximate surface area is 127 Å². The van der Waals surface area contributed by atoms with Gasteiger partial charge in [-0.25, -0.2) is 0 Å². The van der Waals surface area contributed by atoms with Crippen molar-refractivity contribution in [2.24, 2.45) is 5.92 Å². The highest BCUT2D eigenvalue weighted by molar-refractivity contribution is 5.77. The van der Waals surface area contributed by atoms with Gasteiger partial charge in [-0.15, -0.1) is 0 Å². The number of carbonyl (C=O) groups is 1. The summed E-state index contributed by atoms with van der Waals surface area (Å²) in [5.41, 5.74) is 0. The number of methoxy groups -OCH3 is 1. The highest BCUT2D eigenvalue weighted by atomic mass is 16.5. The Morgan fingerprint density at radius 1 is 1.14 bits per heavy atom. The smallest absolute Gasteiger partial charge is 0.234 e. The van der Waals surface area contributed by atoms with Crippen LogP contribution in [0.2, 0.25) is 0 Å². The fraction of sp³-hybridized carbons (Fsp3) is 0.562. The molecule has 1 rings (SSSR count). The highest BCUT2D eigenvalue weighted by Crippen LogP contribution is 2.16. The lowest BCUT2D eigenvalue weighted by Gasteiger charge is -2.09. The van der Waals surface area contributed by atoms with E-state index in [9.17, 15) is 4.79 Å².